The van der Waals surface area contributed by atoms with Crippen molar-refractivity contribution in [3.8, 4) is 0 Å². The molecule has 3 rings (SSSR count). The monoisotopic (exact) mass is 340 g/mol. The van der Waals surface area contributed by atoms with Crippen molar-refractivity contribution in [2.45, 2.75) is 89.6 Å². The lowest BCUT2D eigenvalue weighted by Gasteiger charge is -2.43. The first-order valence-electron chi connectivity index (χ1n) is 10.1. The Morgan fingerprint density at radius 3 is 1.88 bits per heavy atom. The second-order valence-corrected chi connectivity index (χ2v) is 8.67. The van der Waals surface area contributed by atoms with E-state index in [1.807, 2.05) is 0 Å². The van der Waals surface area contributed by atoms with Gasteiger partial charge in [0.25, 0.3) is 0 Å². The first-order chi connectivity index (χ1) is 11.6. The van der Waals surface area contributed by atoms with Crippen LogP contribution in [0, 0.1) is 29.6 Å². The molecule has 3 saturated carbocycles. The molecule has 0 saturated heterocycles. The minimum Gasteiger partial charge on any atom is -0.495 e. The van der Waals surface area contributed by atoms with Crippen LogP contribution >= 0.6 is 0 Å². The van der Waals surface area contributed by atoms with Gasteiger partial charge in [-0.25, -0.2) is 8.78 Å². The van der Waals surface area contributed by atoms with E-state index < -0.39 is 18.4 Å². The minimum absolute atomic E-state index is 0.100. The van der Waals surface area contributed by atoms with Crippen molar-refractivity contribution in [3.05, 3.63) is 12.8 Å². The Balaban J connectivity index is 1.49. The zero-order valence-electron chi connectivity index (χ0n) is 15.1. The lowest BCUT2D eigenvalue weighted by molar-refractivity contribution is -0.0610. The molecule has 0 spiro atoms. The first kappa shape index (κ1) is 18.2. The van der Waals surface area contributed by atoms with Crippen molar-refractivity contribution in [1.29, 1.82) is 0 Å². The van der Waals surface area contributed by atoms with E-state index in [1.165, 1.54) is 44.8 Å². The normalized spacial score (nSPS) is 47.1. The van der Waals surface area contributed by atoms with Crippen LogP contribution in [0.15, 0.2) is 12.8 Å². The quantitative estimate of drug-likeness (QED) is 0.551. The molecule has 3 heteroatoms. The van der Waals surface area contributed by atoms with Gasteiger partial charge in [-0.1, -0.05) is 26.3 Å². The molecule has 138 valence electrons. The lowest BCUT2D eigenvalue weighted by Crippen LogP contribution is -2.45. The van der Waals surface area contributed by atoms with Gasteiger partial charge in [0, 0.05) is 0 Å². The summed E-state index contributed by atoms with van der Waals surface area (Å²) in [6.07, 6.45) is 9.36. The predicted octanol–water partition coefficient (Wildman–Crippen LogP) is 6.23. The molecule has 24 heavy (non-hydrogen) atoms. The molecule has 0 aromatic carbocycles. The van der Waals surface area contributed by atoms with Crippen LogP contribution < -0.4 is 0 Å². The molecule has 0 N–H and O–H groups in total. The number of halogens is 2. The summed E-state index contributed by atoms with van der Waals surface area (Å²) >= 11 is 0. The Morgan fingerprint density at radius 2 is 1.29 bits per heavy atom. The predicted molar refractivity (Wildman–Crippen MR) is 94.2 cm³/mol. The highest BCUT2D eigenvalue weighted by Gasteiger charge is 2.45. The summed E-state index contributed by atoms with van der Waals surface area (Å²) in [4.78, 5) is 0. The molecule has 4 unspecified atom stereocenters. The van der Waals surface area contributed by atoms with Gasteiger partial charge in [0.05, 0.1) is 6.26 Å². The van der Waals surface area contributed by atoms with Crippen LogP contribution in [0.5, 0.6) is 0 Å². The molecular formula is C21H34F2O. The van der Waals surface area contributed by atoms with Gasteiger partial charge in [-0.2, -0.15) is 0 Å². The summed E-state index contributed by atoms with van der Waals surface area (Å²) in [5, 5.41) is 0. The van der Waals surface area contributed by atoms with E-state index in [9.17, 15) is 8.78 Å². The van der Waals surface area contributed by atoms with Gasteiger partial charge in [0.2, 0.25) is 0 Å². The molecule has 0 aromatic heterocycles. The second kappa shape index (κ2) is 8.19. The van der Waals surface area contributed by atoms with Crippen molar-refractivity contribution in [3.63, 3.8) is 0 Å². The Morgan fingerprint density at radius 1 is 0.750 bits per heavy atom. The number of hydrogen-bond donors (Lipinski definition) is 0. The van der Waals surface area contributed by atoms with Gasteiger partial charge in [0.15, 0.2) is 6.17 Å². The Kier molecular flexibility index (Phi) is 6.21. The molecule has 0 heterocycles. The summed E-state index contributed by atoms with van der Waals surface area (Å²) in [5.41, 5.74) is 0. The van der Waals surface area contributed by atoms with E-state index >= 15 is 0 Å². The third-order valence-electron chi connectivity index (χ3n) is 7.27. The van der Waals surface area contributed by atoms with Gasteiger partial charge < -0.3 is 4.74 Å². The SMILES string of the molecule is C=COC1CCC(C2CCC(C3CCC(C)CC3)CC2)C(F)C1F. The Hall–Kier alpha value is -0.600. The van der Waals surface area contributed by atoms with Gasteiger partial charge in [-0.15, -0.1) is 0 Å². The van der Waals surface area contributed by atoms with E-state index in [4.69, 9.17) is 4.74 Å². The maximum Gasteiger partial charge on any atom is 0.168 e. The van der Waals surface area contributed by atoms with Crippen molar-refractivity contribution < 1.29 is 13.5 Å². The average molecular weight is 340 g/mol. The number of alkyl halides is 2. The fourth-order valence-corrected chi connectivity index (χ4v) is 5.68. The highest BCUT2D eigenvalue weighted by Crippen LogP contribution is 2.46. The molecule has 0 amide bonds. The van der Waals surface area contributed by atoms with Gasteiger partial charge in [-0.05, 0) is 81.0 Å². The van der Waals surface area contributed by atoms with Gasteiger partial charge in [0.1, 0.15) is 12.3 Å². The zero-order chi connectivity index (χ0) is 17.1. The molecule has 1 nitrogen and oxygen atoms in total. The topological polar surface area (TPSA) is 9.23 Å². The third kappa shape index (κ3) is 3.96. The lowest BCUT2D eigenvalue weighted by atomic mass is 9.65. The van der Waals surface area contributed by atoms with E-state index in [0.717, 1.165) is 37.0 Å². The summed E-state index contributed by atoms with van der Waals surface area (Å²) in [6.45, 7) is 5.84. The molecule has 3 aliphatic rings. The second-order valence-electron chi connectivity index (χ2n) is 8.67. The standard InChI is InChI=1S/C21H34F2O/c1-3-24-19-13-12-18(20(22)21(19)23)17-10-8-16(9-11-17)15-6-4-14(2)5-7-15/h3,14-21H,1,4-13H2,2H3. The van der Waals surface area contributed by atoms with Crippen molar-refractivity contribution in [2.24, 2.45) is 29.6 Å². The zero-order valence-corrected chi connectivity index (χ0v) is 15.1. The Bertz CT molecular complexity index is 397. The molecule has 3 aliphatic carbocycles. The van der Waals surface area contributed by atoms with Crippen LogP contribution in [0.25, 0.3) is 0 Å². The van der Waals surface area contributed by atoms with Crippen LogP contribution in [0.1, 0.15) is 71.1 Å². The number of rotatable bonds is 4. The highest BCUT2D eigenvalue weighted by atomic mass is 19.2. The molecule has 3 fully saturated rings. The highest BCUT2D eigenvalue weighted by molar-refractivity contribution is 4.94. The van der Waals surface area contributed by atoms with Gasteiger partial charge >= 0.3 is 0 Å². The summed E-state index contributed by atoms with van der Waals surface area (Å²) in [6, 6.07) is 0. The smallest absolute Gasteiger partial charge is 0.168 e. The summed E-state index contributed by atoms with van der Waals surface area (Å²) in [5.74, 6) is 2.92. The number of hydrogen-bond acceptors (Lipinski definition) is 1. The maximum atomic E-state index is 14.6. The largest absolute Gasteiger partial charge is 0.495 e. The van der Waals surface area contributed by atoms with Crippen LogP contribution in [0.3, 0.4) is 0 Å². The third-order valence-corrected chi connectivity index (χ3v) is 7.27. The minimum atomic E-state index is -1.49. The van der Waals surface area contributed by atoms with Crippen molar-refractivity contribution in [2.75, 3.05) is 0 Å². The number of ether oxygens (including phenoxy) is 1. The fourth-order valence-electron chi connectivity index (χ4n) is 5.68. The fraction of sp³-hybridized carbons (Fsp3) is 0.905. The molecule has 0 aromatic rings. The van der Waals surface area contributed by atoms with Crippen LogP contribution in [0.2, 0.25) is 0 Å². The van der Waals surface area contributed by atoms with E-state index in [0.29, 0.717) is 12.3 Å². The van der Waals surface area contributed by atoms with Crippen molar-refractivity contribution in [1.82, 2.24) is 0 Å². The van der Waals surface area contributed by atoms with Crippen LogP contribution in [0.4, 0.5) is 8.78 Å². The first-order valence-corrected chi connectivity index (χ1v) is 10.1. The summed E-state index contributed by atoms with van der Waals surface area (Å²) < 4.78 is 34.1. The molecular weight excluding hydrogens is 306 g/mol. The molecule has 4 atom stereocenters. The van der Waals surface area contributed by atoms with Crippen LogP contribution in [-0.4, -0.2) is 18.4 Å². The van der Waals surface area contributed by atoms with E-state index in [-0.39, 0.29) is 5.92 Å². The Labute approximate surface area is 146 Å². The van der Waals surface area contributed by atoms with E-state index in [2.05, 4.69) is 13.5 Å². The summed E-state index contributed by atoms with van der Waals surface area (Å²) in [7, 11) is 0. The molecule has 0 bridgehead atoms. The van der Waals surface area contributed by atoms with E-state index in [1.54, 1.807) is 0 Å². The molecule has 0 aliphatic heterocycles. The van der Waals surface area contributed by atoms with Crippen molar-refractivity contribution >= 4 is 0 Å². The maximum absolute atomic E-state index is 14.6. The van der Waals surface area contributed by atoms with Gasteiger partial charge in [-0.3, -0.25) is 0 Å². The average Bonchev–Trinajstić information content (AvgIpc) is 2.60. The molecule has 0 radical (unpaired) electrons. The van der Waals surface area contributed by atoms with Crippen LogP contribution in [-0.2, 0) is 4.74 Å².